The monoisotopic (exact) mass is 370 g/mol. The van der Waals surface area contributed by atoms with Crippen LogP contribution in [0.15, 0.2) is 35.8 Å². The number of ether oxygens (including phenoxy) is 1. The van der Waals surface area contributed by atoms with Gasteiger partial charge in [0, 0.05) is 49.0 Å². The Balaban J connectivity index is 1.53. The van der Waals surface area contributed by atoms with E-state index in [0.29, 0.717) is 6.42 Å². The molecule has 4 rings (SSSR count). The number of carbonyl (C=O) groups excluding carboxylic acids is 1. The lowest BCUT2D eigenvalue weighted by Gasteiger charge is -2.32. The van der Waals surface area contributed by atoms with Gasteiger partial charge in [-0.15, -0.1) is 11.3 Å². The highest BCUT2D eigenvalue weighted by molar-refractivity contribution is 7.15. The number of imidazole rings is 1. The lowest BCUT2D eigenvalue weighted by Crippen LogP contribution is -2.47. The molecule has 3 heterocycles. The van der Waals surface area contributed by atoms with Crippen molar-refractivity contribution in [2.45, 2.75) is 6.42 Å². The molecule has 1 aliphatic heterocycles. The van der Waals surface area contributed by atoms with E-state index in [1.165, 1.54) is 0 Å². The van der Waals surface area contributed by atoms with Gasteiger partial charge in [-0.2, -0.15) is 0 Å². The van der Waals surface area contributed by atoms with Crippen molar-refractivity contribution in [1.82, 2.24) is 19.2 Å². The smallest absolute Gasteiger partial charge is 0.228 e. The molecule has 0 N–H and O–H groups in total. The second-order valence-corrected chi connectivity index (χ2v) is 7.43. The van der Waals surface area contributed by atoms with E-state index in [1.54, 1.807) is 18.4 Å². The first kappa shape index (κ1) is 17.1. The number of amides is 1. The molecule has 6 nitrogen and oxygen atoms in total. The summed E-state index contributed by atoms with van der Waals surface area (Å²) in [6.45, 7) is 3.50. The fourth-order valence-corrected chi connectivity index (χ4v) is 4.05. The van der Waals surface area contributed by atoms with Crippen LogP contribution in [0.1, 0.15) is 5.69 Å². The molecule has 0 radical (unpaired) electrons. The third-order valence-electron chi connectivity index (χ3n) is 4.86. The van der Waals surface area contributed by atoms with Gasteiger partial charge in [0.25, 0.3) is 0 Å². The van der Waals surface area contributed by atoms with Crippen LogP contribution in [0.5, 0.6) is 5.75 Å². The second kappa shape index (κ2) is 7.09. The Morgan fingerprint density at radius 3 is 2.62 bits per heavy atom. The number of piperazine rings is 1. The van der Waals surface area contributed by atoms with E-state index >= 15 is 0 Å². The minimum atomic E-state index is 0.192. The summed E-state index contributed by atoms with van der Waals surface area (Å²) in [6, 6.07) is 7.86. The van der Waals surface area contributed by atoms with Crippen molar-refractivity contribution < 1.29 is 9.53 Å². The number of benzene rings is 1. The molecule has 0 unspecified atom stereocenters. The van der Waals surface area contributed by atoms with Crippen molar-refractivity contribution in [2.75, 3.05) is 40.3 Å². The molecule has 7 heteroatoms. The van der Waals surface area contributed by atoms with E-state index in [0.717, 1.165) is 53.8 Å². The van der Waals surface area contributed by atoms with Crippen molar-refractivity contribution in [3.05, 3.63) is 41.5 Å². The van der Waals surface area contributed by atoms with Crippen LogP contribution in [0.2, 0.25) is 0 Å². The Kier molecular flexibility index (Phi) is 4.65. The molecule has 0 saturated carbocycles. The van der Waals surface area contributed by atoms with Gasteiger partial charge in [0.15, 0.2) is 4.96 Å². The Bertz CT molecular complexity index is 907. The molecule has 136 valence electrons. The van der Waals surface area contributed by atoms with E-state index in [-0.39, 0.29) is 5.91 Å². The molecule has 0 bridgehead atoms. The fraction of sp³-hybridized carbons (Fsp3) is 0.368. The molecule has 1 amide bonds. The van der Waals surface area contributed by atoms with E-state index in [9.17, 15) is 4.79 Å². The highest BCUT2D eigenvalue weighted by Gasteiger charge is 2.20. The van der Waals surface area contributed by atoms with Crippen molar-refractivity contribution in [3.8, 4) is 17.0 Å². The topological polar surface area (TPSA) is 50.1 Å². The average molecular weight is 370 g/mol. The van der Waals surface area contributed by atoms with Gasteiger partial charge in [0.1, 0.15) is 5.75 Å². The van der Waals surface area contributed by atoms with Crippen LogP contribution < -0.4 is 4.74 Å². The molecular weight excluding hydrogens is 348 g/mol. The van der Waals surface area contributed by atoms with E-state index < -0.39 is 0 Å². The van der Waals surface area contributed by atoms with Crippen LogP contribution in [0.25, 0.3) is 16.2 Å². The molecule has 0 atom stereocenters. The predicted molar refractivity (Wildman–Crippen MR) is 103 cm³/mol. The number of likely N-dealkylation sites (N-methyl/N-ethyl adjacent to an activating group) is 1. The summed E-state index contributed by atoms with van der Waals surface area (Å²) in [7, 11) is 3.75. The molecule has 0 aliphatic carbocycles. The third-order valence-corrected chi connectivity index (χ3v) is 5.75. The largest absolute Gasteiger partial charge is 0.497 e. The van der Waals surface area contributed by atoms with Crippen molar-refractivity contribution >= 4 is 22.2 Å². The lowest BCUT2D eigenvalue weighted by molar-refractivity contribution is -0.132. The summed E-state index contributed by atoms with van der Waals surface area (Å²) in [5, 5.41) is 2.04. The highest BCUT2D eigenvalue weighted by atomic mass is 32.1. The second-order valence-electron chi connectivity index (χ2n) is 6.60. The molecule has 26 heavy (non-hydrogen) atoms. The zero-order chi connectivity index (χ0) is 18.1. The zero-order valence-corrected chi connectivity index (χ0v) is 15.8. The van der Waals surface area contributed by atoms with Gasteiger partial charge in [-0.3, -0.25) is 9.20 Å². The van der Waals surface area contributed by atoms with Crippen LogP contribution in [0.3, 0.4) is 0 Å². The molecule has 1 aromatic carbocycles. The minimum Gasteiger partial charge on any atom is -0.497 e. The summed E-state index contributed by atoms with van der Waals surface area (Å²) >= 11 is 1.57. The van der Waals surface area contributed by atoms with Gasteiger partial charge in [0.2, 0.25) is 5.91 Å². The fourth-order valence-electron chi connectivity index (χ4n) is 3.18. The number of nitrogens with zero attached hydrogens (tertiary/aromatic N) is 4. The van der Waals surface area contributed by atoms with Gasteiger partial charge >= 0.3 is 0 Å². The summed E-state index contributed by atoms with van der Waals surface area (Å²) in [5.74, 6) is 1.02. The van der Waals surface area contributed by atoms with Crippen molar-refractivity contribution in [3.63, 3.8) is 0 Å². The number of methoxy groups -OCH3 is 1. The maximum Gasteiger partial charge on any atom is 0.228 e. The number of hydrogen-bond donors (Lipinski definition) is 0. The number of hydrogen-bond acceptors (Lipinski definition) is 5. The molecule has 3 aromatic rings. The quantitative estimate of drug-likeness (QED) is 0.708. The number of rotatable bonds is 4. The van der Waals surface area contributed by atoms with Crippen LogP contribution in [-0.2, 0) is 11.2 Å². The van der Waals surface area contributed by atoms with Gasteiger partial charge in [-0.25, -0.2) is 4.98 Å². The Morgan fingerprint density at radius 1 is 1.19 bits per heavy atom. The van der Waals surface area contributed by atoms with Crippen LogP contribution in [0.4, 0.5) is 0 Å². The summed E-state index contributed by atoms with van der Waals surface area (Å²) in [5.41, 5.74) is 2.95. The number of fused-ring (bicyclic) bond motifs is 1. The SMILES string of the molecule is COc1ccc(-c2cn3c(CC(=O)N4CCN(C)CC4)csc3n2)cc1. The van der Waals surface area contributed by atoms with Gasteiger partial charge in [-0.1, -0.05) is 0 Å². The molecule has 1 aliphatic rings. The van der Waals surface area contributed by atoms with Crippen LogP contribution >= 0.6 is 11.3 Å². The van der Waals surface area contributed by atoms with E-state index in [4.69, 9.17) is 9.72 Å². The number of carbonyl (C=O) groups is 1. The minimum absolute atomic E-state index is 0.192. The molecule has 1 fully saturated rings. The Morgan fingerprint density at radius 2 is 1.92 bits per heavy atom. The molecular formula is C19H22N4O2S. The van der Waals surface area contributed by atoms with Crippen LogP contribution in [-0.4, -0.2) is 65.4 Å². The first-order chi connectivity index (χ1) is 12.6. The summed E-state index contributed by atoms with van der Waals surface area (Å²) < 4.78 is 7.25. The standard InChI is InChI=1S/C19H22N4O2S/c1-21-7-9-22(10-8-21)18(24)11-15-13-26-19-20-17(12-23(15)19)14-3-5-16(25-2)6-4-14/h3-6,12-13H,7-11H2,1-2H3. The van der Waals surface area contributed by atoms with Crippen molar-refractivity contribution in [2.24, 2.45) is 0 Å². The number of thiazole rings is 1. The predicted octanol–water partition coefficient (Wildman–Crippen LogP) is 2.39. The van der Waals surface area contributed by atoms with E-state index in [2.05, 4.69) is 11.9 Å². The van der Waals surface area contributed by atoms with E-state index in [1.807, 2.05) is 45.1 Å². The average Bonchev–Trinajstić information content (AvgIpc) is 3.24. The van der Waals surface area contributed by atoms with Crippen molar-refractivity contribution in [1.29, 1.82) is 0 Å². The zero-order valence-electron chi connectivity index (χ0n) is 15.0. The van der Waals surface area contributed by atoms with Gasteiger partial charge < -0.3 is 14.5 Å². The lowest BCUT2D eigenvalue weighted by atomic mass is 10.1. The maximum atomic E-state index is 12.6. The first-order valence-corrected chi connectivity index (χ1v) is 9.58. The molecule has 2 aromatic heterocycles. The molecule has 0 spiro atoms. The summed E-state index contributed by atoms with van der Waals surface area (Å²) in [4.78, 5) is 22.5. The summed E-state index contributed by atoms with van der Waals surface area (Å²) in [6.07, 6.45) is 2.43. The maximum absolute atomic E-state index is 12.6. The Labute approximate surface area is 156 Å². The van der Waals surface area contributed by atoms with Gasteiger partial charge in [0.05, 0.1) is 19.2 Å². The highest BCUT2D eigenvalue weighted by Crippen LogP contribution is 2.25. The number of aromatic nitrogens is 2. The molecule has 1 saturated heterocycles. The van der Waals surface area contributed by atoms with Gasteiger partial charge in [-0.05, 0) is 31.3 Å². The Hall–Kier alpha value is -2.38. The van der Waals surface area contributed by atoms with Crippen LogP contribution in [0, 0.1) is 0 Å². The normalized spacial score (nSPS) is 15.5. The first-order valence-electron chi connectivity index (χ1n) is 8.70. The third kappa shape index (κ3) is 3.32.